The highest BCUT2D eigenvalue weighted by molar-refractivity contribution is 9.10. The van der Waals surface area contributed by atoms with Gasteiger partial charge in [-0.05, 0) is 23.6 Å². The number of sulfone groups is 1. The normalized spacial score (nSPS) is 12.5. The summed E-state index contributed by atoms with van der Waals surface area (Å²) in [6.45, 7) is 8.06. The lowest BCUT2D eigenvalue weighted by atomic mass is 9.84. The van der Waals surface area contributed by atoms with Crippen molar-refractivity contribution in [1.29, 1.82) is 0 Å². The Kier molecular flexibility index (Phi) is 6.62. The van der Waals surface area contributed by atoms with Crippen LogP contribution >= 0.6 is 15.9 Å². The van der Waals surface area contributed by atoms with Crippen molar-refractivity contribution in [3.63, 3.8) is 0 Å². The first kappa shape index (κ1) is 19.2. The van der Waals surface area contributed by atoms with Crippen LogP contribution in [0, 0.1) is 5.92 Å². The average Bonchev–Trinajstić information content (AvgIpc) is 2.34. The van der Waals surface area contributed by atoms with Crippen LogP contribution in [-0.2, 0) is 20.0 Å². The molecule has 124 valence electrons. The molecule has 22 heavy (non-hydrogen) atoms. The molecule has 0 spiro atoms. The topological polar surface area (TPSA) is 63.2 Å². The minimum Gasteiger partial charge on any atom is -0.354 e. The Morgan fingerprint density at radius 1 is 1.32 bits per heavy atom. The molecule has 0 fully saturated rings. The Morgan fingerprint density at radius 3 is 2.50 bits per heavy atom. The van der Waals surface area contributed by atoms with E-state index in [-0.39, 0.29) is 17.1 Å². The van der Waals surface area contributed by atoms with Crippen LogP contribution in [0.4, 0.5) is 0 Å². The number of amides is 1. The van der Waals surface area contributed by atoms with Gasteiger partial charge in [-0.25, -0.2) is 8.42 Å². The second-order valence-corrected chi connectivity index (χ2v) is 9.64. The van der Waals surface area contributed by atoms with Gasteiger partial charge in [0.15, 0.2) is 9.84 Å². The fourth-order valence-corrected chi connectivity index (χ4v) is 4.18. The monoisotopic (exact) mass is 389 g/mol. The van der Waals surface area contributed by atoms with E-state index in [0.717, 1.165) is 10.0 Å². The maximum absolute atomic E-state index is 11.9. The zero-order valence-corrected chi connectivity index (χ0v) is 15.9. The third-order valence-corrected chi connectivity index (χ3v) is 5.64. The molecule has 1 N–H and O–H groups in total. The minimum absolute atomic E-state index is 0.0240. The van der Waals surface area contributed by atoms with Crippen LogP contribution in [0.15, 0.2) is 28.7 Å². The number of carbonyl (C=O) groups is 1. The Bertz CT molecular complexity index is 624. The largest absolute Gasteiger partial charge is 0.354 e. The number of benzene rings is 1. The summed E-state index contributed by atoms with van der Waals surface area (Å²) in [5.41, 5.74) is 0.800. The first-order valence-corrected chi connectivity index (χ1v) is 9.86. The molecule has 1 amide bonds. The number of rotatable bonds is 7. The van der Waals surface area contributed by atoms with Crippen molar-refractivity contribution >= 4 is 31.7 Å². The van der Waals surface area contributed by atoms with Gasteiger partial charge in [0.25, 0.3) is 0 Å². The number of hydrogen-bond acceptors (Lipinski definition) is 3. The molecule has 0 aliphatic rings. The van der Waals surface area contributed by atoms with Crippen LogP contribution in [0.25, 0.3) is 0 Å². The van der Waals surface area contributed by atoms with Crippen LogP contribution < -0.4 is 5.32 Å². The van der Waals surface area contributed by atoms with Gasteiger partial charge in [0, 0.05) is 16.4 Å². The molecule has 0 aromatic heterocycles. The molecule has 0 saturated carbocycles. The van der Waals surface area contributed by atoms with E-state index in [1.165, 1.54) is 0 Å². The fourth-order valence-electron chi connectivity index (χ4n) is 2.15. The number of hydrogen-bond donors (Lipinski definition) is 1. The molecule has 0 bridgehead atoms. The maximum atomic E-state index is 11.9. The van der Waals surface area contributed by atoms with Crippen LogP contribution in [0.2, 0.25) is 0 Å². The number of carbonyl (C=O) groups excluding carboxylic acids is 1. The van der Waals surface area contributed by atoms with Crippen molar-refractivity contribution in [3.05, 3.63) is 34.3 Å². The molecule has 0 saturated heterocycles. The summed E-state index contributed by atoms with van der Waals surface area (Å²) in [6.07, 6.45) is 0. The Morgan fingerprint density at radius 2 is 1.95 bits per heavy atom. The van der Waals surface area contributed by atoms with Gasteiger partial charge >= 0.3 is 0 Å². The second-order valence-electron chi connectivity index (χ2n) is 6.62. The maximum Gasteiger partial charge on any atom is 0.235 e. The Hall–Kier alpha value is -0.880. The van der Waals surface area contributed by atoms with E-state index < -0.39 is 21.5 Å². The molecular weight excluding hydrogens is 366 g/mol. The highest BCUT2D eigenvalue weighted by atomic mass is 79.9. The molecule has 1 rings (SSSR count). The van der Waals surface area contributed by atoms with Gasteiger partial charge in [0.1, 0.15) is 5.75 Å². The molecule has 0 atom stereocenters. The summed E-state index contributed by atoms with van der Waals surface area (Å²) < 4.78 is 24.6. The first-order chi connectivity index (χ1) is 10.0. The number of halogens is 1. The van der Waals surface area contributed by atoms with E-state index in [9.17, 15) is 13.2 Å². The lowest BCUT2D eigenvalue weighted by Crippen LogP contribution is -2.40. The lowest BCUT2D eigenvalue weighted by Gasteiger charge is -2.26. The SMILES string of the molecule is CC(C)CS(=O)(=O)CC(=O)NCC(C)(C)c1cccc(Br)c1. The van der Waals surface area contributed by atoms with Crippen molar-refractivity contribution in [2.45, 2.75) is 33.1 Å². The van der Waals surface area contributed by atoms with E-state index in [1.807, 2.05) is 52.0 Å². The molecule has 0 unspecified atom stereocenters. The van der Waals surface area contributed by atoms with Crippen molar-refractivity contribution in [2.75, 3.05) is 18.1 Å². The van der Waals surface area contributed by atoms with Gasteiger partial charge in [-0.1, -0.05) is 55.8 Å². The summed E-state index contributed by atoms with van der Waals surface area (Å²) in [6, 6.07) is 7.88. The molecule has 0 aliphatic heterocycles. The summed E-state index contributed by atoms with van der Waals surface area (Å²) in [7, 11) is -3.34. The minimum atomic E-state index is -3.34. The zero-order valence-electron chi connectivity index (χ0n) is 13.5. The molecule has 1 aromatic carbocycles. The fraction of sp³-hybridized carbons (Fsp3) is 0.562. The summed E-state index contributed by atoms with van der Waals surface area (Å²) in [5.74, 6) is -0.825. The van der Waals surface area contributed by atoms with Gasteiger partial charge in [0.2, 0.25) is 5.91 Å². The van der Waals surface area contributed by atoms with Crippen LogP contribution in [0.1, 0.15) is 33.3 Å². The Labute approximate surface area is 141 Å². The molecule has 4 nitrogen and oxygen atoms in total. The van der Waals surface area contributed by atoms with Gasteiger partial charge < -0.3 is 5.32 Å². The summed E-state index contributed by atoms with van der Waals surface area (Å²) in [4.78, 5) is 11.9. The highest BCUT2D eigenvalue weighted by Crippen LogP contribution is 2.25. The van der Waals surface area contributed by atoms with E-state index >= 15 is 0 Å². The first-order valence-electron chi connectivity index (χ1n) is 7.25. The molecule has 0 radical (unpaired) electrons. The van der Waals surface area contributed by atoms with Crippen molar-refractivity contribution in [3.8, 4) is 0 Å². The smallest absolute Gasteiger partial charge is 0.235 e. The van der Waals surface area contributed by atoms with Gasteiger partial charge in [-0.15, -0.1) is 0 Å². The second kappa shape index (κ2) is 7.59. The quantitative estimate of drug-likeness (QED) is 0.779. The Balaban J connectivity index is 2.63. The predicted molar refractivity (Wildman–Crippen MR) is 93.7 cm³/mol. The van der Waals surface area contributed by atoms with Gasteiger partial charge in [-0.2, -0.15) is 0 Å². The third-order valence-electron chi connectivity index (χ3n) is 3.27. The number of nitrogens with one attached hydrogen (secondary N) is 1. The van der Waals surface area contributed by atoms with E-state index in [0.29, 0.717) is 6.54 Å². The van der Waals surface area contributed by atoms with E-state index in [4.69, 9.17) is 0 Å². The van der Waals surface area contributed by atoms with E-state index in [2.05, 4.69) is 21.2 Å². The average molecular weight is 390 g/mol. The van der Waals surface area contributed by atoms with Gasteiger partial charge in [-0.3, -0.25) is 4.79 Å². The summed E-state index contributed by atoms with van der Waals surface area (Å²) >= 11 is 3.43. The predicted octanol–water partition coefficient (Wildman–Crippen LogP) is 2.91. The molecule has 0 heterocycles. The van der Waals surface area contributed by atoms with E-state index in [1.54, 1.807) is 0 Å². The molecule has 1 aromatic rings. The van der Waals surface area contributed by atoms with Crippen molar-refractivity contribution in [1.82, 2.24) is 5.32 Å². The van der Waals surface area contributed by atoms with Crippen LogP contribution in [0.5, 0.6) is 0 Å². The lowest BCUT2D eigenvalue weighted by molar-refractivity contribution is -0.118. The molecular formula is C16H24BrNO3S. The van der Waals surface area contributed by atoms with Crippen LogP contribution in [-0.4, -0.2) is 32.4 Å². The summed E-state index contributed by atoms with van der Waals surface area (Å²) in [5, 5.41) is 2.74. The van der Waals surface area contributed by atoms with Gasteiger partial charge in [0.05, 0.1) is 5.75 Å². The standard InChI is InChI=1S/C16H24BrNO3S/c1-12(2)9-22(20,21)10-15(19)18-11-16(3,4)13-6-5-7-14(17)8-13/h5-8,12H,9-11H2,1-4H3,(H,18,19). The molecule has 6 heteroatoms. The zero-order chi connectivity index (χ0) is 17.0. The van der Waals surface area contributed by atoms with Crippen molar-refractivity contribution < 1.29 is 13.2 Å². The third kappa shape index (κ3) is 6.48. The van der Waals surface area contributed by atoms with Crippen molar-refractivity contribution in [2.24, 2.45) is 5.92 Å². The highest BCUT2D eigenvalue weighted by Gasteiger charge is 2.23. The molecule has 0 aliphatic carbocycles. The van der Waals surface area contributed by atoms with Crippen LogP contribution in [0.3, 0.4) is 0 Å².